The molecule has 0 saturated heterocycles. The highest BCUT2D eigenvalue weighted by molar-refractivity contribution is 9.10. The van der Waals surface area contributed by atoms with Crippen LogP contribution in [0.25, 0.3) is 0 Å². The molecule has 0 bridgehead atoms. The Hall–Kier alpha value is -0.420. The number of rotatable bonds is 0. The van der Waals surface area contributed by atoms with E-state index in [-0.39, 0.29) is 6.04 Å². The molecule has 1 aliphatic heterocycles. The van der Waals surface area contributed by atoms with Crippen LogP contribution in [0, 0.1) is 0 Å². The first kappa shape index (κ1) is 7.24. The number of hydrogen-bond acceptors (Lipinski definition) is 3. The zero-order valence-corrected chi connectivity index (χ0v) is 7.58. The highest BCUT2D eigenvalue weighted by atomic mass is 79.9. The van der Waals surface area contributed by atoms with Crippen LogP contribution >= 0.6 is 15.9 Å². The van der Waals surface area contributed by atoms with E-state index in [0.717, 1.165) is 25.2 Å². The Labute approximate surface area is 72.9 Å². The molecule has 0 spiro atoms. The van der Waals surface area contributed by atoms with Crippen molar-refractivity contribution in [2.75, 3.05) is 0 Å². The van der Waals surface area contributed by atoms with Crippen molar-refractivity contribution in [3.8, 4) is 0 Å². The molecule has 2 heterocycles. The van der Waals surface area contributed by atoms with E-state index in [1.165, 1.54) is 0 Å². The average molecular weight is 217 g/mol. The minimum Gasteiger partial charge on any atom is -0.326 e. The zero-order valence-electron chi connectivity index (χ0n) is 6.00. The summed E-state index contributed by atoms with van der Waals surface area (Å²) in [7, 11) is 0. The van der Waals surface area contributed by atoms with Crippen molar-refractivity contribution in [1.29, 1.82) is 0 Å². The third kappa shape index (κ3) is 1.30. The molecule has 0 aliphatic carbocycles. The number of hydrogen-bond donors (Lipinski definition) is 1. The van der Waals surface area contributed by atoms with E-state index in [9.17, 15) is 0 Å². The minimum atomic E-state index is 0.246. The summed E-state index contributed by atoms with van der Waals surface area (Å²) in [5.41, 5.74) is 5.75. The van der Waals surface area contributed by atoms with Crippen molar-refractivity contribution < 1.29 is 0 Å². The first-order chi connectivity index (χ1) is 5.25. The number of aryl methyl sites for hydroxylation is 1. The number of aromatic nitrogens is 3. The predicted molar refractivity (Wildman–Crippen MR) is 44.0 cm³/mol. The van der Waals surface area contributed by atoms with Crippen molar-refractivity contribution in [3.05, 3.63) is 10.6 Å². The lowest BCUT2D eigenvalue weighted by Crippen LogP contribution is -2.32. The maximum absolute atomic E-state index is 5.75. The van der Waals surface area contributed by atoms with Crippen LogP contribution < -0.4 is 5.73 Å². The Morgan fingerprint density at radius 1 is 1.64 bits per heavy atom. The molecule has 0 amide bonds. The summed E-state index contributed by atoms with van der Waals surface area (Å²) in [5.74, 6) is 1.04. The molecule has 0 fully saturated rings. The Morgan fingerprint density at radius 3 is 3.27 bits per heavy atom. The van der Waals surface area contributed by atoms with Gasteiger partial charge in [0.2, 0.25) is 4.73 Å². The number of fused-ring (bicyclic) bond motifs is 1. The number of halogens is 1. The lowest BCUT2D eigenvalue weighted by atomic mass is 10.1. The van der Waals surface area contributed by atoms with Gasteiger partial charge in [0.1, 0.15) is 5.82 Å². The van der Waals surface area contributed by atoms with E-state index in [2.05, 4.69) is 26.0 Å². The number of nitrogens with two attached hydrogens (primary N) is 1. The molecular weight excluding hydrogens is 208 g/mol. The van der Waals surface area contributed by atoms with Gasteiger partial charge in [-0.2, -0.15) is 0 Å². The van der Waals surface area contributed by atoms with Gasteiger partial charge in [0.05, 0.1) is 6.54 Å². The molecule has 2 N–H and O–H groups in total. The third-order valence-corrected chi connectivity index (χ3v) is 2.20. The molecule has 11 heavy (non-hydrogen) atoms. The minimum absolute atomic E-state index is 0.246. The molecule has 1 atom stereocenters. The summed E-state index contributed by atoms with van der Waals surface area (Å²) in [4.78, 5) is 4.20. The van der Waals surface area contributed by atoms with Gasteiger partial charge in [0.25, 0.3) is 0 Å². The summed E-state index contributed by atoms with van der Waals surface area (Å²) in [6.07, 6.45) is 1.96. The molecule has 1 aromatic rings. The second-order valence-electron chi connectivity index (χ2n) is 2.78. The van der Waals surface area contributed by atoms with Crippen LogP contribution in [-0.2, 0) is 13.0 Å². The van der Waals surface area contributed by atoms with Gasteiger partial charge in [-0.3, -0.25) is 0 Å². The Morgan fingerprint density at radius 2 is 2.45 bits per heavy atom. The van der Waals surface area contributed by atoms with Gasteiger partial charge in [-0.15, -0.1) is 5.10 Å². The van der Waals surface area contributed by atoms with E-state index in [1.54, 1.807) is 0 Å². The molecule has 1 unspecified atom stereocenters. The summed E-state index contributed by atoms with van der Waals surface area (Å²) >= 11 is 3.23. The van der Waals surface area contributed by atoms with Crippen molar-refractivity contribution >= 4 is 15.9 Å². The fourth-order valence-corrected chi connectivity index (χ4v) is 1.70. The summed E-state index contributed by atoms with van der Waals surface area (Å²) in [6.45, 7) is 0.800. The maximum atomic E-state index is 5.75. The standard InChI is InChI=1S/C6H9BrN4/c7-6-9-5-2-1-4(8)3-11(5)10-6/h4H,1-3,8H2. The lowest BCUT2D eigenvalue weighted by molar-refractivity contribution is 0.421. The highest BCUT2D eigenvalue weighted by Crippen LogP contribution is 2.13. The Balaban J connectivity index is 2.34. The summed E-state index contributed by atoms with van der Waals surface area (Å²) < 4.78 is 2.54. The molecular formula is C6H9BrN4. The molecule has 4 nitrogen and oxygen atoms in total. The molecule has 1 aliphatic rings. The fourth-order valence-electron chi connectivity index (χ4n) is 1.30. The predicted octanol–water partition coefficient (Wildman–Crippen LogP) is 0.314. The van der Waals surface area contributed by atoms with Gasteiger partial charge < -0.3 is 5.73 Å². The normalized spacial score (nSPS) is 23.3. The third-order valence-electron chi connectivity index (χ3n) is 1.87. The lowest BCUT2D eigenvalue weighted by Gasteiger charge is -2.17. The van der Waals surface area contributed by atoms with Crippen LogP contribution in [0.2, 0.25) is 0 Å². The molecule has 60 valence electrons. The van der Waals surface area contributed by atoms with Gasteiger partial charge in [-0.1, -0.05) is 0 Å². The average Bonchev–Trinajstić information content (AvgIpc) is 2.27. The first-order valence-electron chi connectivity index (χ1n) is 3.60. The van der Waals surface area contributed by atoms with Gasteiger partial charge in [-0.25, -0.2) is 9.67 Å². The molecule has 0 aromatic carbocycles. The van der Waals surface area contributed by atoms with Gasteiger partial charge in [0.15, 0.2) is 0 Å². The number of nitrogens with zero attached hydrogens (tertiary/aromatic N) is 3. The van der Waals surface area contributed by atoms with Gasteiger partial charge in [-0.05, 0) is 22.4 Å². The second kappa shape index (κ2) is 2.57. The Bertz CT molecular complexity index is 270. The first-order valence-corrected chi connectivity index (χ1v) is 4.40. The molecule has 0 radical (unpaired) electrons. The largest absolute Gasteiger partial charge is 0.326 e. The van der Waals surface area contributed by atoms with Crippen LogP contribution in [-0.4, -0.2) is 20.8 Å². The van der Waals surface area contributed by atoms with Crippen LogP contribution in [0.4, 0.5) is 0 Å². The zero-order chi connectivity index (χ0) is 7.84. The molecule has 5 heteroatoms. The second-order valence-corrected chi connectivity index (χ2v) is 3.49. The highest BCUT2D eigenvalue weighted by Gasteiger charge is 2.17. The van der Waals surface area contributed by atoms with E-state index in [4.69, 9.17) is 5.73 Å². The van der Waals surface area contributed by atoms with Crippen molar-refractivity contribution in [1.82, 2.24) is 14.8 Å². The van der Waals surface area contributed by atoms with Gasteiger partial charge in [0, 0.05) is 12.5 Å². The SMILES string of the molecule is NC1CCc2nc(Br)nn2C1. The fraction of sp³-hybridized carbons (Fsp3) is 0.667. The maximum Gasteiger partial charge on any atom is 0.217 e. The van der Waals surface area contributed by atoms with E-state index in [0.29, 0.717) is 4.73 Å². The van der Waals surface area contributed by atoms with E-state index in [1.807, 2.05) is 4.68 Å². The molecule has 1 aromatic heterocycles. The van der Waals surface area contributed by atoms with E-state index >= 15 is 0 Å². The van der Waals surface area contributed by atoms with E-state index < -0.39 is 0 Å². The summed E-state index contributed by atoms with van der Waals surface area (Å²) in [5, 5.41) is 4.14. The monoisotopic (exact) mass is 216 g/mol. The van der Waals surface area contributed by atoms with Crippen LogP contribution in [0.1, 0.15) is 12.2 Å². The molecule has 2 rings (SSSR count). The van der Waals surface area contributed by atoms with Crippen molar-refractivity contribution in [2.24, 2.45) is 5.73 Å². The summed E-state index contributed by atoms with van der Waals surface area (Å²) in [6, 6.07) is 0.246. The van der Waals surface area contributed by atoms with Crippen LogP contribution in [0.5, 0.6) is 0 Å². The van der Waals surface area contributed by atoms with Crippen molar-refractivity contribution in [2.45, 2.75) is 25.4 Å². The topological polar surface area (TPSA) is 56.7 Å². The van der Waals surface area contributed by atoms with Crippen molar-refractivity contribution in [3.63, 3.8) is 0 Å². The Kier molecular flexibility index (Phi) is 1.69. The molecule has 0 saturated carbocycles. The van der Waals surface area contributed by atoms with Gasteiger partial charge >= 0.3 is 0 Å². The van der Waals surface area contributed by atoms with Crippen LogP contribution in [0.15, 0.2) is 4.73 Å². The quantitative estimate of drug-likeness (QED) is 0.680. The smallest absolute Gasteiger partial charge is 0.217 e. The van der Waals surface area contributed by atoms with Crippen LogP contribution in [0.3, 0.4) is 0 Å².